The van der Waals surface area contributed by atoms with E-state index in [4.69, 9.17) is 4.42 Å². The summed E-state index contributed by atoms with van der Waals surface area (Å²) in [5.74, 6) is 0. The third-order valence-electron chi connectivity index (χ3n) is 4.09. The Balaban J connectivity index is 1.83. The first-order valence-electron chi connectivity index (χ1n) is 7.30. The Labute approximate surface area is 131 Å². The topological polar surface area (TPSA) is 64.6 Å². The van der Waals surface area contributed by atoms with Gasteiger partial charge in [0.15, 0.2) is 5.58 Å². The van der Waals surface area contributed by atoms with Crippen LogP contribution in [0.5, 0.6) is 0 Å². The zero-order valence-corrected chi connectivity index (χ0v) is 12.4. The number of H-pyrrole nitrogens is 1. The van der Waals surface area contributed by atoms with E-state index in [0.717, 1.165) is 38.9 Å². The summed E-state index contributed by atoms with van der Waals surface area (Å²) in [5.41, 5.74) is 5.78. The fraction of sp³-hybridized carbons (Fsp3) is 0.0588. The van der Waals surface area contributed by atoms with Gasteiger partial charge in [-0.15, -0.1) is 0 Å². The number of aryl methyl sites for hydroxylation is 1. The van der Waals surface area contributed by atoms with E-state index in [2.05, 4.69) is 27.1 Å². The highest BCUT2D eigenvalue weighted by Crippen LogP contribution is 2.35. The molecule has 0 spiro atoms. The van der Waals surface area contributed by atoms with Gasteiger partial charge >= 0.3 is 0 Å². The molecule has 0 bridgehead atoms. The van der Waals surface area contributed by atoms with Crippen molar-refractivity contribution in [3.05, 3.63) is 55.7 Å². The number of nitrogens with one attached hydrogen (secondary N) is 1. The summed E-state index contributed by atoms with van der Waals surface area (Å²) >= 11 is 0. The van der Waals surface area contributed by atoms with Crippen molar-refractivity contribution in [3.63, 3.8) is 0 Å². The smallest absolute Gasteiger partial charge is 0.161 e. The highest BCUT2D eigenvalue weighted by atomic mass is 16.3. The van der Waals surface area contributed by atoms with E-state index in [9.17, 15) is 0 Å². The summed E-state index contributed by atoms with van der Waals surface area (Å²) in [6.45, 7) is 0. The van der Waals surface area contributed by atoms with Crippen LogP contribution < -0.4 is 0 Å². The number of benzene rings is 1. The molecule has 4 heterocycles. The van der Waals surface area contributed by atoms with Gasteiger partial charge in [-0.1, -0.05) is 12.1 Å². The molecular formula is C17H13N5O. The van der Waals surface area contributed by atoms with E-state index in [1.165, 1.54) is 0 Å². The molecule has 112 valence electrons. The number of nitrogens with zero attached hydrogens (tertiary/aromatic N) is 4. The van der Waals surface area contributed by atoms with Gasteiger partial charge in [-0.3, -0.25) is 0 Å². The van der Waals surface area contributed by atoms with Gasteiger partial charge < -0.3 is 18.5 Å². The molecule has 0 unspecified atom stereocenters. The molecule has 0 saturated carbocycles. The van der Waals surface area contributed by atoms with Crippen molar-refractivity contribution < 1.29 is 4.42 Å². The summed E-state index contributed by atoms with van der Waals surface area (Å²) < 4.78 is 9.69. The lowest BCUT2D eigenvalue weighted by Gasteiger charge is -1.99. The maximum atomic E-state index is 5.82. The second-order valence-corrected chi connectivity index (χ2v) is 5.57. The van der Waals surface area contributed by atoms with Gasteiger partial charge in [0, 0.05) is 36.6 Å². The average Bonchev–Trinajstić information content (AvgIpc) is 3.30. The molecule has 1 N–H and O–H groups in total. The van der Waals surface area contributed by atoms with E-state index in [1.807, 2.05) is 34.6 Å². The van der Waals surface area contributed by atoms with Gasteiger partial charge in [0.1, 0.15) is 17.5 Å². The Morgan fingerprint density at radius 2 is 2.13 bits per heavy atom. The van der Waals surface area contributed by atoms with E-state index in [-0.39, 0.29) is 0 Å². The number of fused-ring (bicyclic) bond motifs is 3. The number of hydrogen-bond acceptors (Lipinski definition) is 3. The number of hydrogen-bond donors (Lipinski definition) is 1. The summed E-state index contributed by atoms with van der Waals surface area (Å²) in [4.78, 5) is 12.1. The third-order valence-corrected chi connectivity index (χ3v) is 4.09. The predicted molar refractivity (Wildman–Crippen MR) is 87.4 cm³/mol. The quantitative estimate of drug-likeness (QED) is 0.543. The van der Waals surface area contributed by atoms with Crippen molar-refractivity contribution in [2.75, 3.05) is 0 Å². The Kier molecular flexibility index (Phi) is 2.33. The maximum absolute atomic E-state index is 5.82. The number of aromatic nitrogens is 5. The second kappa shape index (κ2) is 4.36. The van der Waals surface area contributed by atoms with E-state index in [1.54, 1.807) is 25.1 Å². The standard InChI is InChI=1S/C17H13N5O/c1-21-7-13(19-10-21)11-3-2-4-12-15(11)20-16-14(8-23-17(12)16)22-6-5-18-9-22/h2-10,20H,1H3. The van der Waals surface area contributed by atoms with Crippen LogP contribution in [0.1, 0.15) is 0 Å². The van der Waals surface area contributed by atoms with Gasteiger partial charge in [-0.2, -0.15) is 0 Å². The largest absolute Gasteiger partial charge is 0.460 e. The van der Waals surface area contributed by atoms with Crippen LogP contribution in [0.2, 0.25) is 0 Å². The summed E-state index contributed by atoms with van der Waals surface area (Å²) in [6, 6.07) is 6.15. The first kappa shape index (κ1) is 12.3. The summed E-state index contributed by atoms with van der Waals surface area (Å²) in [5, 5.41) is 1.05. The fourth-order valence-electron chi connectivity index (χ4n) is 3.03. The fourth-order valence-corrected chi connectivity index (χ4v) is 3.03. The number of aromatic amines is 1. The Hall–Kier alpha value is -3.28. The third kappa shape index (κ3) is 1.69. The predicted octanol–water partition coefficient (Wildman–Crippen LogP) is 3.50. The molecule has 0 fully saturated rings. The van der Waals surface area contributed by atoms with Crippen LogP contribution in [-0.4, -0.2) is 24.1 Å². The molecule has 0 aliphatic carbocycles. The van der Waals surface area contributed by atoms with E-state index < -0.39 is 0 Å². The Morgan fingerprint density at radius 1 is 1.17 bits per heavy atom. The zero-order chi connectivity index (χ0) is 15.4. The van der Waals surface area contributed by atoms with E-state index >= 15 is 0 Å². The summed E-state index contributed by atoms with van der Waals surface area (Å²) in [6.07, 6.45) is 11.0. The molecular weight excluding hydrogens is 290 g/mol. The maximum Gasteiger partial charge on any atom is 0.161 e. The molecule has 6 nitrogen and oxygen atoms in total. The molecule has 0 radical (unpaired) electrons. The monoisotopic (exact) mass is 303 g/mol. The molecule has 0 atom stereocenters. The second-order valence-electron chi connectivity index (χ2n) is 5.57. The first-order chi connectivity index (χ1) is 11.3. The van der Waals surface area contributed by atoms with Crippen molar-refractivity contribution in [2.45, 2.75) is 0 Å². The van der Waals surface area contributed by atoms with Crippen LogP contribution in [0, 0.1) is 0 Å². The van der Waals surface area contributed by atoms with Crippen LogP contribution in [0.4, 0.5) is 0 Å². The molecule has 0 aliphatic rings. The molecule has 4 aromatic heterocycles. The van der Waals surface area contributed by atoms with Crippen molar-refractivity contribution in [1.82, 2.24) is 24.1 Å². The first-order valence-corrected chi connectivity index (χ1v) is 7.30. The van der Waals surface area contributed by atoms with Gasteiger partial charge in [0.05, 0.1) is 23.9 Å². The van der Waals surface area contributed by atoms with Crippen LogP contribution in [-0.2, 0) is 7.05 Å². The minimum Gasteiger partial charge on any atom is -0.460 e. The molecule has 5 rings (SSSR count). The van der Waals surface area contributed by atoms with Gasteiger partial charge in [-0.25, -0.2) is 9.97 Å². The molecule has 6 heteroatoms. The van der Waals surface area contributed by atoms with Crippen molar-refractivity contribution in [1.29, 1.82) is 0 Å². The van der Waals surface area contributed by atoms with Crippen LogP contribution in [0.3, 0.4) is 0 Å². The highest BCUT2D eigenvalue weighted by molar-refractivity contribution is 6.11. The van der Waals surface area contributed by atoms with Crippen molar-refractivity contribution >= 4 is 22.0 Å². The van der Waals surface area contributed by atoms with Gasteiger partial charge in [0.2, 0.25) is 0 Å². The molecule has 5 aromatic rings. The number of rotatable bonds is 2. The lowest BCUT2D eigenvalue weighted by Crippen LogP contribution is -1.87. The van der Waals surface area contributed by atoms with Crippen LogP contribution >= 0.6 is 0 Å². The zero-order valence-electron chi connectivity index (χ0n) is 12.4. The van der Waals surface area contributed by atoms with Gasteiger partial charge in [0.25, 0.3) is 0 Å². The van der Waals surface area contributed by atoms with Crippen molar-refractivity contribution in [2.24, 2.45) is 7.05 Å². The average molecular weight is 303 g/mol. The lowest BCUT2D eigenvalue weighted by molar-refractivity contribution is 0.616. The Morgan fingerprint density at radius 3 is 2.91 bits per heavy atom. The lowest BCUT2D eigenvalue weighted by atomic mass is 10.1. The highest BCUT2D eigenvalue weighted by Gasteiger charge is 2.16. The van der Waals surface area contributed by atoms with Gasteiger partial charge in [-0.05, 0) is 6.07 Å². The molecule has 0 saturated heterocycles. The minimum atomic E-state index is 0.849. The summed E-state index contributed by atoms with van der Waals surface area (Å²) in [7, 11) is 1.97. The SMILES string of the molecule is Cn1cnc(-c2cccc3c2[nH]c2c(-n4ccnc4)coc23)c1. The number of furan rings is 1. The molecule has 0 amide bonds. The normalized spacial score (nSPS) is 11.7. The van der Waals surface area contributed by atoms with E-state index in [0.29, 0.717) is 0 Å². The molecule has 23 heavy (non-hydrogen) atoms. The van der Waals surface area contributed by atoms with Crippen molar-refractivity contribution in [3.8, 4) is 16.9 Å². The van der Waals surface area contributed by atoms with Crippen LogP contribution in [0.25, 0.3) is 38.9 Å². The number of imidazole rings is 2. The number of para-hydroxylation sites is 1. The molecule has 1 aromatic carbocycles. The molecule has 0 aliphatic heterocycles. The van der Waals surface area contributed by atoms with Crippen LogP contribution in [0.15, 0.2) is 60.1 Å². The Bertz CT molecular complexity index is 1130. The minimum absolute atomic E-state index is 0.849.